The monoisotopic (exact) mass is 377 g/mol. The molecule has 0 bridgehead atoms. The van der Waals surface area contributed by atoms with Crippen molar-refractivity contribution in [1.29, 1.82) is 0 Å². The van der Waals surface area contributed by atoms with Gasteiger partial charge in [0.25, 0.3) is 5.91 Å². The molecule has 1 aliphatic heterocycles. The molecule has 2 rings (SSSR count). The molecule has 1 saturated heterocycles. The molecule has 5 N–H and O–H groups in total. The van der Waals surface area contributed by atoms with E-state index in [2.05, 4.69) is 21.2 Å². The van der Waals surface area contributed by atoms with Crippen molar-refractivity contribution >= 4 is 30.7 Å². The largest absolute Gasteiger partial charge is 0.475 e. The first kappa shape index (κ1) is 20.7. The molecule has 0 saturated carbocycles. The van der Waals surface area contributed by atoms with Gasteiger partial charge in [0.15, 0.2) is 0 Å². The van der Waals surface area contributed by atoms with E-state index in [4.69, 9.17) is 0 Å². The zero-order valence-electron chi connectivity index (χ0n) is 15.3. The molecule has 10 nitrogen and oxygen atoms in total. The smallest absolute Gasteiger partial charge is 0.426 e. The summed E-state index contributed by atoms with van der Waals surface area (Å²) < 4.78 is 0. The molecule has 0 aliphatic carbocycles. The summed E-state index contributed by atoms with van der Waals surface area (Å²) in [5.41, 5.74) is 5.32. The number of anilines is 1. The van der Waals surface area contributed by atoms with Crippen LogP contribution in [0.3, 0.4) is 0 Å². The van der Waals surface area contributed by atoms with Gasteiger partial charge < -0.3 is 20.3 Å². The number of carbonyl (C=O) groups excluding carboxylic acids is 3. The van der Waals surface area contributed by atoms with Crippen molar-refractivity contribution in [3.05, 3.63) is 23.9 Å². The fourth-order valence-corrected chi connectivity index (χ4v) is 2.79. The fraction of sp³-hybridized carbons (Fsp3) is 0.500. The topological polar surface area (TPSA) is 144 Å². The number of carbonyl (C=O) groups is 3. The Kier molecular flexibility index (Phi) is 7.14. The molecule has 0 aromatic carbocycles. The minimum atomic E-state index is -1.60. The molecule has 146 valence electrons. The van der Waals surface area contributed by atoms with Crippen LogP contribution in [0.15, 0.2) is 18.3 Å². The minimum absolute atomic E-state index is 0.195. The van der Waals surface area contributed by atoms with Gasteiger partial charge in [0.05, 0.1) is 11.5 Å². The molecule has 27 heavy (non-hydrogen) atoms. The van der Waals surface area contributed by atoms with E-state index in [0.717, 1.165) is 0 Å². The van der Waals surface area contributed by atoms with Crippen LogP contribution in [0.4, 0.5) is 5.82 Å². The van der Waals surface area contributed by atoms with Crippen LogP contribution in [-0.4, -0.2) is 63.3 Å². The number of likely N-dealkylation sites (tertiary alicyclic amines) is 1. The molecule has 0 spiro atoms. The van der Waals surface area contributed by atoms with Crippen LogP contribution in [0.1, 0.15) is 43.5 Å². The lowest BCUT2D eigenvalue weighted by molar-refractivity contribution is -0.132. The molecule has 11 heteroatoms. The summed E-state index contributed by atoms with van der Waals surface area (Å²) in [6.45, 7) is 3.68. The van der Waals surface area contributed by atoms with E-state index in [-0.39, 0.29) is 17.4 Å². The Morgan fingerprint density at radius 1 is 1.37 bits per heavy atom. The lowest BCUT2D eigenvalue weighted by atomic mass is 9.78. The fourth-order valence-electron chi connectivity index (χ4n) is 2.79. The Bertz CT molecular complexity index is 684. The summed E-state index contributed by atoms with van der Waals surface area (Å²) in [7, 11) is -1.60. The normalized spacial score (nSPS) is 17.2. The van der Waals surface area contributed by atoms with Gasteiger partial charge in [-0.05, 0) is 31.9 Å². The number of nitrogens with one attached hydrogen (secondary N) is 3. The van der Waals surface area contributed by atoms with Gasteiger partial charge in [-0.3, -0.25) is 25.2 Å². The molecule has 1 fully saturated rings. The molecule has 3 amide bonds. The lowest BCUT2D eigenvalue weighted by Crippen LogP contribution is -2.52. The number of hydrazine groups is 1. The number of amides is 3. The highest BCUT2D eigenvalue weighted by Crippen LogP contribution is 2.19. The third-order valence-corrected chi connectivity index (χ3v) is 4.32. The van der Waals surface area contributed by atoms with Crippen LogP contribution in [0.5, 0.6) is 0 Å². The van der Waals surface area contributed by atoms with Gasteiger partial charge in [-0.15, -0.1) is 0 Å². The first-order valence-corrected chi connectivity index (χ1v) is 8.81. The molecule has 0 radical (unpaired) electrons. The van der Waals surface area contributed by atoms with Gasteiger partial charge in [0, 0.05) is 19.2 Å². The highest BCUT2D eigenvalue weighted by atomic mass is 16.4. The van der Waals surface area contributed by atoms with Gasteiger partial charge in [-0.1, -0.05) is 6.92 Å². The van der Waals surface area contributed by atoms with Crippen molar-refractivity contribution in [3.63, 3.8) is 0 Å². The highest BCUT2D eigenvalue weighted by molar-refractivity contribution is 6.43. The van der Waals surface area contributed by atoms with Gasteiger partial charge in [0.1, 0.15) is 11.9 Å². The van der Waals surface area contributed by atoms with Gasteiger partial charge in [-0.2, -0.15) is 0 Å². The second-order valence-corrected chi connectivity index (χ2v) is 6.31. The maximum absolute atomic E-state index is 12.5. The van der Waals surface area contributed by atoms with Crippen molar-refractivity contribution in [2.45, 2.75) is 45.1 Å². The van der Waals surface area contributed by atoms with E-state index < -0.39 is 25.0 Å². The van der Waals surface area contributed by atoms with Crippen molar-refractivity contribution < 1.29 is 24.4 Å². The maximum Gasteiger partial charge on any atom is 0.475 e. The van der Waals surface area contributed by atoms with E-state index in [9.17, 15) is 24.4 Å². The Balaban J connectivity index is 1.92. The standard InChI is InChI=1S/C16H24BN5O5/c1-3-14(23)21-20-13-7-6-11(9-18-13)15(24)19-10(2)16(25)22-8-4-5-12(22)17(26)27/h6-7,9-10,12,26-27H,3-5,8H2,1-2H3,(H,18,20)(H,19,24)(H,21,23)/t10-,12+/m1/s1. The third kappa shape index (κ3) is 5.41. The van der Waals surface area contributed by atoms with Crippen molar-refractivity contribution in [2.24, 2.45) is 0 Å². The zero-order valence-corrected chi connectivity index (χ0v) is 15.3. The van der Waals surface area contributed by atoms with Crippen molar-refractivity contribution in [1.82, 2.24) is 20.6 Å². The predicted octanol–water partition coefficient (Wildman–Crippen LogP) is -0.944. The zero-order chi connectivity index (χ0) is 20.0. The third-order valence-electron chi connectivity index (χ3n) is 4.32. The minimum Gasteiger partial charge on any atom is -0.426 e. The van der Waals surface area contributed by atoms with Crippen molar-refractivity contribution in [3.8, 4) is 0 Å². The Morgan fingerprint density at radius 2 is 2.11 bits per heavy atom. The van der Waals surface area contributed by atoms with Crippen LogP contribution in [0, 0.1) is 0 Å². The first-order valence-electron chi connectivity index (χ1n) is 8.81. The number of hydrogen-bond donors (Lipinski definition) is 5. The second-order valence-electron chi connectivity index (χ2n) is 6.31. The highest BCUT2D eigenvalue weighted by Gasteiger charge is 2.38. The number of aromatic nitrogens is 1. The molecule has 1 aromatic heterocycles. The van der Waals surface area contributed by atoms with E-state index in [1.54, 1.807) is 13.8 Å². The van der Waals surface area contributed by atoms with E-state index in [1.807, 2.05) is 0 Å². The quantitative estimate of drug-likeness (QED) is 0.305. The van der Waals surface area contributed by atoms with E-state index in [1.165, 1.54) is 23.2 Å². The molecule has 0 unspecified atom stereocenters. The van der Waals surface area contributed by atoms with Crippen LogP contribution in [0.2, 0.25) is 0 Å². The summed E-state index contributed by atoms with van der Waals surface area (Å²) >= 11 is 0. The Morgan fingerprint density at radius 3 is 2.70 bits per heavy atom. The molecule has 2 atom stereocenters. The molecule has 1 aromatic rings. The van der Waals surface area contributed by atoms with Crippen molar-refractivity contribution in [2.75, 3.05) is 12.0 Å². The van der Waals surface area contributed by atoms with Crippen LogP contribution < -0.4 is 16.2 Å². The number of nitrogens with zero attached hydrogens (tertiary/aromatic N) is 2. The maximum atomic E-state index is 12.5. The summed E-state index contributed by atoms with van der Waals surface area (Å²) in [4.78, 5) is 41.4. The van der Waals surface area contributed by atoms with E-state index >= 15 is 0 Å². The molecule has 1 aliphatic rings. The first-order chi connectivity index (χ1) is 12.8. The number of pyridine rings is 1. The summed E-state index contributed by atoms with van der Waals surface area (Å²) in [5, 5.41) is 21.3. The average molecular weight is 377 g/mol. The van der Waals surface area contributed by atoms with Crippen LogP contribution in [-0.2, 0) is 9.59 Å². The second kappa shape index (κ2) is 9.33. The Labute approximate surface area is 157 Å². The summed E-state index contributed by atoms with van der Waals surface area (Å²) in [5.74, 6) is -1.32. The van der Waals surface area contributed by atoms with E-state index in [0.29, 0.717) is 31.6 Å². The van der Waals surface area contributed by atoms with Gasteiger partial charge >= 0.3 is 7.12 Å². The summed E-state index contributed by atoms with van der Waals surface area (Å²) in [6, 6.07) is 2.21. The average Bonchev–Trinajstić information content (AvgIpc) is 3.15. The van der Waals surface area contributed by atoms with Gasteiger partial charge in [0.2, 0.25) is 11.8 Å². The summed E-state index contributed by atoms with van der Waals surface area (Å²) in [6.07, 6.45) is 2.84. The number of rotatable bonds is 7. The lowest BCUT2D eigenvalue weighted by Gasteiger charge is -2.27. The SMILES string of the molecule is CCC(=O)NNc1ccc(C(=O)N[C@H](C)C(=O)N2CCC[C@H]2B(O)O)cn1. The predicted molar refractivity (Wildman–Crippen MR) is 98.1 cm³/mol. The van der Waals surface area contributed by atoms with Crippen LogP contribution in [0.25, 0.3) is 0 Å². The van der Waals surface area contributed by atoms with Crippen LogP contribution >= 0.6 is 0 Å². The molecular weight excluding hydrogens is 353 g/mol. The Hall–Kier alpha value is -2.66. The van der Waals surface area contributed by atoms with Gasteiger partial charge in [-0.25, -0.2) is 4.98 Å². The number of hydrogen-bond acceptors (Lipinski definition) is 7. The molecule has 2 heterocycles. The molecular formula is C16H24BN5O5.